The molecule has 2 rings (SSSR count). The zero-order chi connectivity index (χ0) is 13.9. The van der Waals surface area contributed by atoms with Gasteiger partial charge in [-0.25, -0.2) is 8.42 Å². The third kappa shape index (κ3) is 3.91. The molecule has 1 aromatic rings. The Morgan fingerprint density at radius 2 is 2.32 bits per heavy atom. The Morgan fingerprint density at radius 1 is 1.53 bits per heavy atom. The van der Waals surface area contributed by atoms with Gasteiger partial charge in [-0.05, 0) is 26.0 Å². The van der Waals surface area contributed by atoms with Crippen LogP contribution in [0.15, 0.2) is 18.3 Å². The molecule has 0 aromatic carbocycles. The molecule has 1 aliphatic rings. The van der Waals surface area contributed by atoms with Crippen molar-refractivity contribution >= 4 is 15.5 Å². The molecular weight excluding hydrogens is 262 g/mol. The second kappa shape index (κ2) is 5.88. The Morgan fingerprint density at radius 3 is 3.00 bits per heavy atom. The first kappa shape index (κ1) is 14.3. The molecule has 6 heteroatoms. The van der Waals surface area contributed by atoms with E-state index >= 15 is 0 Å². The molecule has 0 saturated carbocycles. The Kier molecular flexibility index (Phi) is 4.42. The molecule has 5 nitrogen and oxygen atoms in total. The van der Waals surface area contributed by atoms with E-state index in [0.29, 0.717) is 13.1 Å². The van der Waals surface area contributed by atoms with Crippen molar-refractivity contribution in [2.75, 3.05) is 29.9 Å². The molecule has 0 aliphatic carbocycles. The molecule has 0 radical (unpaired) electrons. The first-order valence-corrected chi connectivity index (χ1v) is 8.45. The van der Waals surface area contributed by atoms with E-state index in [-0.39, 0.29) is 17.5 Å². The standard InChI is InChI=1S/C13H21N3O2S/c1-3-14-12-4-5-15-13(8-12)9-16-6-7-19(17,18)10-11(16)2/h4-5,8,11H,3,6-7,9-10H2,1-2H3,(H,14,15). The molecule has 0 amide bonds. The number of sulfone groups is 1. The van der Waals surface area contributed by atoms with Gasteiger partial charge in [0, 0.05) is 37.6 Å². The lowest BCUT2D eigenvalue weighted by atomic mass is 10.2. The van der Waals surface area contributed by atoms with Crippen LogP contribution in [0.4, 0.5) is 5.69 Å². The van der Waals surface area contributed by atoms with Crippen LogP contribution in [-0.2, 0) is 16.4 Å². The number of nitrogens with zero attached hydrogens (tertiary/aromatic N) is 2. The third-order valence-corrected chi connectivity index (χ3v) is 5.17. The molecule has 19 heavy (non-hydrogen) atoms. The van der Waals surface area contributed by atoms with Crippen molar-refractivity contribution in [1.29, 1.82) is 0 Å². The highest BCUT2D eigenvalue weighted by atomic mass is 32.2. The predicted molar refractivity (Wildman–Crippen MR) is 76.9 cm³/mol. The normalized spacial score (nSPS) is 23.2. The van der Waals surface area contributed by atoms with Crippen molar-refractivity contribution in [3.05, 3.63) is 24.0 Å². The van der Waals surface area contributed by atoms with E-state index in [9.17, 15) is 8.42 Å². The molecule has 1 aliphatic heterocycles. The van der Waals surface area contributed by atoms with Crippen molar-refractivity contribution in [3.63, 3.8) is 0 Å². The lowest BCUT2D eigenvalue weighted by Crippen LogP contribution is -2.46. The molecule has 1 atom stereocenters. The van der Waals surface area contributed by atoms with Crippen LogP contribution in [0.1, 0.15) is 19.5 Å². The first-order chi connectivity index (χ1) is 9.00. The summed E-state index contributed by atoms with van der Waals surface area (Å²) in [5.74, 6) is 0.504. The van der Waals surface area contributed by atoms with E-state index in [0.717, 1.165) is 17.9 Å². The van der Waals surface area contributed by atoms with Gasteiger partial charge in [0.2, 0.25) is 0 Å². The number of rotatable bonds is 4. The fourth-order valence-corrected chi connectivity index (χ4v) is 3.98. The zero-order valence-electron chi connectivity index (χ0n) is 11.5. The second-order valence-corrected chi connectivity index (χ2v) is 7.23. The summed E-state index contributed by atoms with van der Waals surface area (Å²) in [6.07, 6.45) is 1.79. The number of aromatic nitrogens is 1. The monoisotopic (exact) mass is 283 g/mol. The minimum Gasteiger partial charge on any atom is -0.385 e. The highest BCUT2D eigenvalue weighted by Gasteiger charge is 2.28. The quantitative estimate of drug-likeness (QED) is 0.897. The van der Waals surface area contributed by atoms with Gasteiger partial charge in [-0.1, -0.05) is 0 Å². The van der Waals surface area contributed by atoms with Crippen molar-refractivity contribution in [3.8, 4) is 0 Å². The van der Waals surface area contributed by atoms with Gasteiger partial charge in [-0.15, -0.1) is 0 Å². The summed E-state index contributed by atoms with van der Waals surface area (Å²) in [4.78, 5) is 6.54. The van der Waals surface area contributed by atoms with Gasteiger partial charge in [-0.2, -0.15) is 0 Å². The van der Waals surface area contributed by atoms with E-state index in [1.807, 2.05) is 19.1 Å². The van der Waals surface area contributed by atoms with Crippen LogP contribution in [0.2, 0.25) is 0 Å². The summed E-state index contributed by atoms with van der Waals surface area (Å²) in [6.45, 7) is 6.19. The molecule has 106 valence electrons. The molecule has 0 spiro atoms. The molecule has 1 fully saturated rings. The Hall–Kier alpha value is -1.14. The maximum absolute atomic E-state index is 11.5. The predicted octanol–water partition coefficient (Wildman–Crippen LogP) is 1.13. The van der Waals surface area contributed by atoms with E-state index < -0.39 is 9.84 Å². The highest BCUT2D eigenvalue weighted by molar-refractivity contribution is 7.91. The molecule has 1 N–H and O–H groups in total. The molecule has 1 saturated heterocycles. The maximum atomic E-state index is 11.5. The largest absolute Gasteiger partial charge is 0.385 e. The summed E-state index contributed by atoms with van der Waals surface area (Å²) >= 11 is 0. The Bertz CT molecular complexity index is 530. The first-order valence-electron chi connectivity index (χ1n) is 6.63. The number of hydrogen-bond acceptors (Lipinski definition) is 5. The van der Waals surface area contributed by atoms with Gasteiger partial charge in [0.15, 0.2) is 9.84 Å². The fraction of sp³-hybridized carbons (Fsp3) is 0.615. The number of nitrogens with one attached hydrogen (secondary N) is 1. The highest BCUT2D eigenvalue weighted by Crippen LogP contribution is 2.16. The van der Waals surface area contributed by atoms with Crippen LogP contribution in [-0.4, -0.2) is 48.9 Å². The van der Waals surface area contributed by atoms with Crippen molar-refractivity contribution in [2.24, 2.45) is 0 Å². The van der Waals surface area contributed by atoms with Gasteiger partial charge in [-0.3, -0.25) is 9.88 Å². The smallest absolute Gasteiger partial charge is 0.153 e. The van der Waals surface area contributed by atoms with Crippen LogP contribution >= 0.6 is 0 Å². The van der Waals surface area contributed by atoms with Crippen LogP contribution in [0.25, 0.3) is 0 Å². The van der Waals surface area contributed by atoms with Crippen molar-refractivity contribution < 1.29 is 8.42 Å². The zero-order valence-corrected chi connectivity index (χ0v) is 12.3. The average molecular weight is 283 g/mol. The van der Waals surface area contributed by atoms with Crippen molar-refractivity contribution in [1.82, 2.24) is 9.88 Å². The van der Waals surface area contributed by atoms with Gasteiger partial charge in [0.05, 0.1) is 17.2 Å². The Balaban J connectivity index is 2.03. The molecular formula is C13H21N3O2S. The van der Waals surface area contributed by atoms with Gasteiger partial charge < -0.3 is 5.32 Å². The van der Waals surface area contributed by atoms with Crippen LogP contribution in [0, 0.1) is 0 Å². The summed E-state index contributed by atoms with van der Waals surface area (Å²) in [7, 11) is -2.85. The van der Waals surface area contributed by atoms with Crippen LogP contribution < -0.4 is 5.32 Å². The summed E-state index contributed by atoms with van der Waals surface area (Å²) in [6, 6.07) is 4.03. The number of pyridine rings is 1. The van der Waals surface area contributed by atoms with E-state index in [4.69, 9.17) is 0 Å². The van der Waals surface area contributed by atoms with Gasteiger partial charge in [0.25, 0.3) is 0 Å². The summed E-state index contributed by atoms with van der Waals surface area (Å²) in [5.41, 5.74) is 2.04. The van der Waals surface area contributed by atoms with Crippen LogP contribution in [0.3, 0.4) is 0 Å². The number of hydrogen-bond donors (Lipinski definition) is 1. The molecule has 2 heterocycles. The van der Waals surface area contributed by atoms with E-state index in [1.165, 1.54) is 0 Å². The number of anilines is 1. The second-order valence-electron chi connectivity index (χ2n) is 5.00. The minimum absolute atomic E-state index is 0.0586. The third-order valence-electron chi connectivity index (χ3n) is 3.37. The maximum Gasteiger partial charge on any atom is 0.153 e. The summed E-state index contributed by atoms with van der Waals surface area (Å²) in [5, 5.41) is 3.26. The van der Waals surface area contributed by atoms with Crippen molar-refractivity contribution in [2.45, 2.75) is 26.4 Å². The van der Waals surface area contributed by atoms with Crippen LogP contribution in [0.5, 0.6) is 0 Å². The lowest BCUT2D eigenvalue weighted by Gasteiger charge is -2.32. The molecule has 1 aromatic heterocycles. The SMILES string of the molecule is CCNc1ccnc(CN2CCS(=O)(=O)CC2C)c1. The molecule has 1 unspecified atom stereocenters. The molecule has 0 bridgehead atoms. The topological polar surface area (TPSA) is 62.3 Å². The minimum atomic E-state index is -2.85. The van der Waals surface area contributed by atoms with E-state index in [2.05, 4.69) is 22.1 Å². The van der Waals surface area contributed by atoms with E-state index in [1.54, 1.807) is 6.20 Å². The van der Waals surface area contributed by atoms with Gasteiger partial charge in [0.1, 0.15) is 0 Å². The Labute approximate surface area is 114 Å². The summed E-state index contributed by atoms with van der Waals surface area (Å²) < 4.78 is 23.1. The fourth-order valence-electron chi connectivity index (χ4n) is 2.35. The lowest BCUT2D eigenvalue weighted by molar-refractivity contribution is 0.215. The average Bonchev–Trinajstić information content (AvgIpc) is 2.33. The van der Waals surface area contributed by atoms with Gasteiger partial charge >= 0.3 is 0 Å².